The first-order valence-electron chi connectivity index (χ1n) is 5.73. The molecule has 18 heavy (non-hydrogen) atoms. The first-order valence-corrected chi connectivity index (χ1v) is 5.73. The van der Waals surface area contributed by atoms with Crippen molar-refractivity contribution in [1.82, 2.24) is 4.57 Å². The van der Waals surface area contributed by atoms with Gasteiger partial charge in [-0.1, -0.05) is 0 Å². The van der Waals surface area contributed by atoms with Crippen molar-refractivity contribution in [1.29, 1.82) is 0 Å². The Morgan fingerprint density at radius 3 is 2.61 bits per heavy atom. The maximum Gasteiger partial charge on any atom is 0.418 e. The van der Waals surface area contributed by atoms with Crippen LogP contribution in [0, 0.1) is 0 Å². The summed E-state index contributed by atoms with van der Waals surface area (Å²) in [4.78, 5) is 11.9. The van der Waals surface area contributed by atoms with Crippen molar-refractivity contribution in [2.24, 2.45) is 5.73 Å². The molecule has 1 heterocycles. The minimum absolute atomic E-state index is 0.0966. The lowest BCUT2D eigenvalue weighted by Gasteiger charge is -2.22. The minimum Gasteiger partial charge on any atom is -0.443 e. The Morgan fingerprint density at radius 2 is 2.11 bits per heavy atom. The fraction of sp³-hybridized carbons (Fsp3) is 0.583. The van der Waals surface area contributed by atoms with Crippen molar-refractivity contribution in [3.63, 3.8) is 0 Å². The van der Waals surface area contributed by atoms with Crippen LogP contribution in [0.2, 0.25) is 0 Å². The highest BCUT2D eigenvalue weighted by Gasteiger charge is 2.25. The third kappa shape index (κ3) is 3.56. The molecule has 0 aliphatic heterocycles. The van der Waals surface area contributed by atoms with Gasteiger partial charge in [0.2, 0.25) is 0 Å². The molecule has 2 atom stereocenters. The zero-order valence-corrected chi connectivity index (χ0v) is 10.8. The van der Waals surface area contributed by atoms with E-state index in [-0.39, 0.29) is 12.2 Å². The van der Waals surface area contributed by atoms with E-state index in [0.29, 0.717) is 0 Å². The molecule has 0 bridgehead atoms. The molecule has 0 amide bonds. The van der Waals surface area contributed by atoms with Crippen molar-refractivity contribution in [3.8, 4) is 0 Å². The smallest absolute Gasteiger partial charge is 0.418 e. The van der Waals surface area contributed by atoms with Crippen LogP contribution in [0.4, 0.5) is 4.79 Å². The van der Waals surface area contributed by atoms with Crippen molar-refractivity contribution in [2.75, 3.05) is 6.54 Å². The van der Waals surface area contributed by atoms with Crippen molar-refractivity contribution in [3.05, 3.63) is 24.0 Å². The number of aliphatic hydroxyl groups is 2. The molecular formula is C12H20N2O4. The highest BCUT2D eigenvalue weighted by molar-refractivity contribution is 5.72. The summed E-state index contributed by atoms with van der Waals surface area (Å²) in [6, 6.07) is 3.12. The number of hydrogen-bond acceptors (Lipinski definition) is 5. The van der Waals surface area contributed by atoms with E-state index < -0.39 is 23.9 Å². The predicted octanol–water partition coefficient (Wildman–Crippen LogP) is 0.624. The Bertz CT molecular complexity index is 408. The summed E-state index contributed by atoms with van der Waals surface area (Å²) < 4.78 is 6.35. The fourth-order valence-corrected chi connectivity index (χ4v) is 1.44. The van der Waals surface area contributed by atoms with Gasteiger partial charge in [-0.05, 0) is 32.9 Å². The monoisotopic (exact) mass is 256 g/mol. The molecule has 1 aromatic rings. The van der Waals surface area contributed by atoms with Crippen LogP contribution in [0.1, 0.15) is 32.6 Å². The molecule has 4 N–H and O–H groups in total. The van der Waals surface area contributed by atoms with Gasteiger partial charge in [0.1, 0.15) is 11.7 Å². The molecular weight excluding hydrogens is 236 g/mol. The summed E-state index contributed by atoms with van der Waals surface area (Å²) in [5.41, 5.74) is 4.89. The third-order valence-electron chi connectivity index (χ3n) is 2.28. The van der Waals surface area contributed by atoms with Gasteiger partial charge in [-0.15, -0.1) is 0 Å². The molecule has 2 unspecified atom stereocenters. The second-order valence-electron chi connectivity index (χ2n) is 5.03. The van der Waals surface area contributed by atoms with E-state index in [2.05, 4.69) is 0 Å². The summed E-state index contributed by atoms with van der Waals surface area (Å²) in [5.74, 6) is 0. The molecule has 0 aliphatic rings. The van der Waals surface area contributed by atoms with Gasteiger partial charge in [-0.25, -0.2) is 4.79 Å². The number of aromatic nitrogens is 1. The van der Waals surface area contributed by atoms with Crippen LogP contribution in [-0.2, 0) is 4.74 Å². The van der Waals surface area contributed by atoms with Crippen molar-refractivity contribution in [2.45, 2.75) is 38.6 Å². The standard InChI is InChI=1S/C12H20N2O4/c1-12(2,3)18-11(17)14-6-4-5-8(14)10(16)9(15)7-13/h4-6,9-10,15-16H,7,13H2,1-3H3. The largest absolute Gasteiger partial charge is 0.443 e. The Balaban J connectivity index is 2.92. The number of nitrogens with two attached hydrogens (primary N) is 1. The van der Waals surface area contributed by atoms with Crippen LogP contribution in [-0.4, -0.2) is 39.1 Å². The molecule has 0 aliphatic carbocycles. The molecule has 1 aromatic heterocycles. The van der Waals surface area contributed by atoms with Crippen LogP contribution in [0.15, 0.2) is 18.3 Å². The Labute approximate surface area is 106 Å². The van der Waals surface area contributed by atoms with Crippen LogP contribution in [0.3, 0.4) is 0 Å². The number of carbonyl (C=O) groups is 1. The SMILES string of the molecule is CC(C)(C)OC(=O)n1cccc1C(O)C(O)CN. The Hall–Kier alpha value is -1.37. The molecule has 6 nitrogen and oxygen atoms in total. The molecule has 6 heteroatoms. The van der Waals surface area contributed by atoms with E-state index in [0.717, 1.165) is 4.57 Å². The summed E-state index contributed by atoms with van der Waals surface area (Å²) in [7, 11) is 0. The summed E-state index contributed by atoms with van der Waals surface area (Å²) in [6.07, 6.45) is -1.49. The summed E-state index contributed by atoms with van der Waals surface area (Å²) >= 11 is 0. The van der Waals surface area contributed by atoms with Gasteiger partial charge < -0.3 is 20.7 Å². The van der Waals surface area contributed by atoms with E-state index in [9.17, 15) is 15.0 Å². The topological polar surface area (TPSA) is 97.7 Å². The van der Waals surface area contributed by atoms with Gasteiger partial charge in [0.25, 0.3) is 0 Å². The molecule has 0 fully saturated rings. The second-order valence-corrected chi connectivity index (χ2v) is 5.03. The third-order valence-corrected chi connectivity index (χ3v) is 2.28. The van der Waals surface area contributed by atoms with Gasteiger partial charge in [-0.3, -0.25) is 4.57 Å². The van der Waals surface area contributed by atoms with Gasteiger partial charge in [0, 0.05) is 12.7 Å². The quantitative estimate of drug-likeness (QED) is 0.736. The molecule has 0 saturated heterocycles. The maximum absolute atomic E-state index is 11.9. The van der Waals surface area contributed by atoms with E-state index in [1.54, 1.807) is 26.8 Å². The van der Waals surface area contributed by atoms with Crippen LogP contribution < -0.4 is 5.73 Å². The van der Waals surface area contributed by atoms with E-state index in [1.807, 2.05) is 0 Å². The lowest BCUT2D eigenvalue weighted by molar-refractivity contribution is 0.0165. The highest BCUT2D eigenvalue weighted by atomic mass is 16.6. The normalized spacial score (nSPS) is 15.2. The highest BCUT2D eigenvalue weighted by Crippen LogP contribution is 2.19. The summed E-state index contributed by atoms with van der Waals surface area (Å²) in [6.45, 7) is 5.15. The van der Waals surface area contributed by atoms with Crippen molar-refractivity contribution < 1.29 is 19.7 Å². The lowest BCUT2D eigenvalue weighted by atomic mass is 10.1. The van der Waals surface area contributed by atoms with Crippen LogP contribution in [0.5, 0.6) is 0 Å². The molecule has 102 valence electrons. The average Bonchev–Trinajstić information content (AvgIpc) is 2.73. The van der Waals surface area contributed by atoms with E-state index in [4.69, 9.17) is 10.5 Å². The first-order chi connectivity index (χ1) is 8.26. The number of ether oxygens (including phenoxy) is 1. The molecule has 0 aromatic carbocycles. The number of hydrogen-bond donors (Lipinski definition) is 3. The first kappa shape index (κ1) is 14.7. The zero-order chi connectivity index (χ0) is 13.9. The van der Waals surface area contributed by atoms with Gasteiger partial charge >= 0.3 is 6.09 Å². The average molecular weight is 256 g/mol. The molecule has 0 spiro atoms. The van der Waals surface area contributed by atoms with Crippen molar-refractivity contribution >= 4 is 6.09 Å². The van der Waals surface area contributed by atoms with E-state index in [1.165, 1.54) is 12.3 Å². The summed E-state index contributed by atoms with van der Waals surface area (Å²) in [5, 5.41) is 19.3. The number of nitrogens with zero attached hydrogens (tertiary/aromatic N) is 1. The van der Waals surface area contributed by atoms with Crippen LogP contribution in [0.25, 0.3) is 0 Å². The predicted molar refractivity (Wildman–Crippen MR) is 66.1 cm³/mol. The number of carbonyl (C=O) groups excluding carboxylic acids is 1. The van der Waals surface area contributed by atoms with E-state index >= 15 is 0 Å². The number of rotatable bonds is 3. The fourth-order valence-electron chi connectivity index (χ4n) is 1.44. The van der Waals surface area contributed by atoms with Gasteiger partial charge in [0.15, 0.2) is 0 Å². The second kappa shape index (κ2) is 5.51. The lowest BCUT2D eigenvalue weighted by Crippen LogP contribution is -2.32. The Kier molecular flexibility index (Phi) is 4.50. The molecule has 0 radical (unpaired) electrons. The minimum atomic E-state index is -1.22. The van der Waals surface area contributed by atoms with Gasteiger partial charge in [-0.2, -0.15) is 0 Å². The maximum atomic E-state index is 11.9. The molecule has 1 rings (SSSR count). The Morgan fingerprint density at radius 1 is 1.50 bits per heavy atom. The molecule has 0 saturated carbocycles. The van der Waals surface area contributed by atoms with Gasteiger partial charge in [0.05, 0.1) is 11.8 Å². The zero-order valence-electron chi connectivity index (χ0n) is 10.8. The number of aliphatic hydroxyl groups excluding tert-OH is 2. The van der Waals surface area contributed by atoms with Crippen LogP contribution >= 0.6 is 0 Å².